The lowest BCUT2D eigenvalue weighted by Gasteiger charge is -2.44. The topological polar surface area (TPSA) is 147 Å². The smallest absolute Gasteiger partial charge is 0.305 e. The summed E-state index contributed by atoms with van der Waals surface area (Å²) in [4.78, 5) is 32.0. The Bertz CT molecular complexity index is 1160. The normalized spacial score (nSPS) is 23.8. The number of hydrogen-bond acceptors (Lipinski definition) is 8. The Morgan fingerprint density at radius 1 is 1.10 bits per heavy atom. The quantitative estimate of drug-likeness (QED) is 0.473. The fourth-order valence-electron chi connectivity index (χ4n) is 5.38. The number of carbonyl (C=O) groups is 2. The molecule has 3 aliphatic rings. The number of nitrogens with zero attached hydrogens (tertiary/aromatic N) is 5. The van der Waals surface area contributed by atoms with Crippen molar-refractivity contribution in [3.63, 3.8) is 0 Å². The molecule has 0 aromatic carbocycles. The summed E-state index contributed by atoms with van der Waals surface area (Å²) in [6, 6.07) is 1.90. The summed E-state index contributed by atoms with van der Waals surface area (Å²) < 4.78 is 37.0. The molecule has 0 aliphatic carbocycles. The highest BCUT2D eigenvalue weighted by atomic mass is 19.3. The van der Waals surface area contributed by atoms with Crippen LogP contribution in [0.1, 0.15) is 66.0 Å². The Labute approximate surface area is 239 Å². The van der Waals surface area contributed by atoms with Crippen molar-refractivity contribution in [2.45, 2.75) is 83.6 Å². The van der Waals surface area contributed by atoms with Crippen molar-refractivity contribution in [3.05, 3.63) is 18.6 Å². The molecular weight excluding hydrogens is 538 g/mol. The number of ether oxygens (including phenoxy) is 1. The first kappa shape index (κ1) is 32.6. The number of likely N-dealkylation sites (tertiary alicyclic amines) is 2. The predicted molar refractivity (Wildman–Crippen MR) is 151 cm³/mol. The Kier molecular flexibility index (Phi) is 10.6. The molecule has 0 saturated carbocycles. The van der Waals surface area contributed by atoms with Crippen LogP contribution in [-0.2, 0) is 14.3 Å². The molecule has 0 amide bonds. The molecule has 13 heteroatoms. The molecule has 5 heterocycles. The van der Waals surface area contributed by atoms with E-state index in [-0.39, 0.29) is 42.7 Å². The second kappa shape index (κ2) is 13.4. The van der Waals surface area contributed by atoms with Crippen LogP contribution in [0, 0.1) is 11.8 Å². The van der Waals surface area contributed by atoms with Crippen LogP contribution < -0.4 is 5.73 Å². The second-order valence-corrected chi connectivity index (χ2v) is 11.9. The van der Waals surface area contributed by atoms with Gasteiger partial charge >= 0.3 is 11.9 Å². The number of halogens is 2. The summed E-state index contributed by atoms with van der Waals surface area (Å²) in [5.74, 6) is -4.11. The monoisotopic (exact) mass is 582 g/mol. The lowest BCUT2D eigenvalue weighted by Crippen LogP contribution is -2.53. The van der Waals surface area contributed by atoms with Crippen molar-refractivity contribution in [3.8, 4) is 0 Å². The molecule has 230 valence electrons. The van der Waals surface area contributed by atoms with Gasteiger partial charge in [0.25, 0.3) is 5.92 Å². The van der Waals surface area contributed by atoms with E-state index >= 15 is 0 Å². The molecule has 3 aliphatic heterocycles. The molecule has 2 atom stereocenters. The van der Waals surface area contributed by atoms with Crippen LogP contribution >= 0.6 is 0 Å². The van der Waals surface area contributed by atoms with Gasteiger partial charge in [-0.3, -0.25) is 14.5 Å². The Morgan fingerprint density at radius 3 is 2.24 bits per heavy atom. The number of alkyl halides is 2. The van der Waals surface area contributed by atoms with E-state index in [2.05, 4.69) is 21.9 Å². The molecule has 41 heavy (non-hydrogen) atoms. The van der Waals surface area contributed by atoms with E-state index in [1.165, 1.54) is 6.33 Å². The van der Waals surface area contributed by atoms with E-state index in [0.717, 1.165) is 49.8 Å². The van der Waals surface area contributed by atoms with Crippen LogP contribution in [-0.4, -0.2) is 97.3 Å². The van der Waals surface area contributed by atoms with Crippen molar-refractivity contribution in [2.24, 2.45) is 11.8 Å². The molecule has 11 nitrogen and oxygen atoms in total. The minimum Gasteiger partial charge on any atom is -0.481 e. The van der Waals surface area contributed by atoms with E-state index in [4.69, 9.17) is 20.7 Å². The van der Waals surface area contributed by atoms with Crippen LogP contribution in [0.3, 0.4) is 0 Å². The van der Waals surface area contributed by atoms with Gasteiger partial charge in [0.15, 0.2) is 0 Å². The number of aliphatic carboxylic acids is 2. The maximum absolute atomic E-state index is 14.4. The second-order valence-electron chi connectivity index (χ2n) is 11.9. The summed E-state index contributed by atoms with van der Waals surface area (Å²) in [6.45, 7) is 8.72. The number of fused-ring (bicyclic) bond motifs is 1. The highest BCUT2D eigenvalue weighted by molar-refractivity contribution is 5.86. The van der Waals surface area contributed by atoms with Crippen LogP contribution in [0.2, 0.25) is 0 Å². The number of piperidine rings is 1. The highest BCUT2D eigenvalue weighted by Gasteiger charge is 2.55. The van der Waals surface area contributed by atoms with E-state index < -0.39 is 17.9 Å². The zero-order valence-corrected chi connectivity index (χ0v) is 24.6. The molecule has 0 bridgehead atoms. The first-order valence-electron chi connectivity index (χ1n) is 14.1. The number of anilines is 1. The van der Waals surface area contributed by atoms with Gasteiger partial charge in [0.2, 0.25) is 0 Å². The number of nitrogen functional groups attached to an aromatic ring is 1. The third-order valence-electron chi connectivity index (χ3n) is 7.95. The average molecular weight is 583 g/mol. The first-order valence-corrected chi connectivity index (χ1v) is 14.1. The van der Waals surface area contributed by atoms with E-state index in [0.29, 0.717) is 12.4 Å². The van der Waals surface area contributed by atoms with Crippen molar-refractivity contribution in [1.29, 1.82) is 0 Å². The van der Waals surface area contributed by atoms with Crippen LogP contribution in [0.15, 0.2) is 18.6 Å². The molecule has 1 spiro atoms. The number of carboxylic acid groups (broad SMARTS) is 2. The van der Waals surface area contributed by atoms with Gasteiger partial charge in [-0.15, -0.1) is 0 Å². The molecular formula is C28H44F2N6O5. The molecule has 2 unspecified atom stereocenters. The number of aromatic nitrogens is 3. The minimum atomic E-state index is -2.61. The van der Waals surface area contributed by atoms with E-state index in [9.17, 15) is 18.4 Å². The molecule has 0 radical (unpaired) electrons. The van der Waals surface area contributed by atoms with Gasteiger partial charge in [0, 0.05) is 24.7 Å². The minimum absolute atomic E-state index is 0.0254. The summed E-state index contributed by atoms with van der Waals surface area (Å²) in [5.41, 5.74) is 6.30. The van der Waals surface area contributed by atoms with Crippen LogP contribution in [0.5, 0.6) is 0 Å². The van der Waals surface area contributed by atoms with Gasteiger partial charge < -0.3 is 30.2 Å². The van der Waals surface area contributed by atoms with Gasteiger partial charge in [0.1, 0.15) is 24.0 Å². The van der Waals surface area contributed by atoms with E-state index in [1.807, 2.05) is 21.7 Å². The molecule has 2 aromatic heterocycles. The molecule has 2 aromatic rings. The standard InChI is InChI=1S/C20H28F2N6O.2C4H8O2/c1-26-8-5-19(6-9-26)11-20(21,22)12-27(19)10-14-2-3-16(29-14)28-7-4-15-17(23)24-13-25-18(15)28;2*1-3(2)4(5)6/h4,7,13-14,16H,2-3,5-6,8-12H2,1H3,(H2,23,24,25);2*3H,1-2H3,(H,5,6). The first-order chi connectivity index (χ1) is 19.1. The maximum atomic E-state index is 14.4. The summed E-state index contributed by atoms with van der Waals surface area (Å²) in [5, 5.41) is 16.8. The van der Waals surface area contributed by atoms with Crippen molar-refractivity contribution >= 4 is 28.8 Å². The maximum Gasteiger partial charge on any atom is 0.305 e. The number of carboxylic acids is 2. The van der Waals surface area contributed by atoms with Crippen molar-refractivity contribution in [2.75, 3.05) is 39.0 Å². The Hall–Kier alpha value is -2.90. The zero-order valence-electron chi connectivity index (χ0n) is 24.6. The van der Waals surface area contributed by atoms with Gasteiger partial charge in [-0.1, -0.05) is 27.7 Å². The van der Waals surface area contributed by atoms with Crippen molar-refractivity contribution in [1.82, 2.24) is 24.3 Å². The Balaban J connectivity index is 0.000000326. The lowest BCUT2D eigenvalue weighted by molar-refractivity contribution is -0.141. The van der Waals surface area contributed by atoms with E-state index in [1.54, 1.807) is 27.7 Å². The Morgan fingerprint density at radius 2 is 1.68 bits per heavy atom. The fraction of sp³-hybridized carbons (Fsp3) is 0.714. The number of nitrogens with two attached hydrogens (primary N) is 1. The average Bonchev–Trinajstić information content (AvgIpc) is 3.58. The van der Waals surface area contributed by atoms with Crippen molar-refractivity contribution < 1.29 is 33.3 Å². The third-order valence-corrected chi connectivity index (χ3v) is 7.95. The van der Waals surface area contributed by atoms with Crippen LogP contribution in [0.25, 0.3) is 11.0 Å². The van der Waals surface area contributed by atoms with Gasteiger partial charge in [0.05, 0.1) is 29.9 Å². The number of hydrogen-bond donors (Lipinski definition) is 3. The third kappa shape index (κ3) is 8.32. The predicted octanol–water partition coefficient (Wildman–Crippen LogP) is 3.95. The molecule has 4 N–H and O–H groups in total. The van der Waals surface area contributed by atoms with Gasteiger partial charge in [-0.2, -0.15) is 0 Å². The molecule has 5 rings (SSSR count). The fourth-order valence-corrected chi connectivity index (χ4v) is 5.38. The van der Waals surface area contributed by atoms with Crippen LogP contribution in [0.4, 0.5) is 14.6 Å². The molecule has 3 saturated heterocycles. The summed E-state index contributed by atoms with van der Waals surface area (Å²) >= 11 is 0. The highest BCUT2D eigenvalue weighted by Crippen LogP contribution is 2.46. The van der Waals surface area contributed by atoms with Gasteiger partial charge in [-0.05, 0) is 51.9 Å². The molecule has 3 fully saturated rings. The largest absolute Gasteiger partial charge is 0.481 e. The summed E-state index contributed by atoms with van der Waals surface area (Å²) in [6.07, 6.45) is 6.43. The lowest BCUT2D eigenvalue weighted by atomic mass is 9.84. The van der Waals surface area contributed by atoms with Gasteiger partial charge in [-0.25, -0.2) is 18.7 Å². The summed E-state index contributed by atoms with van der Waals surface area (Å²) in [7, 11) is 2.06. The SMILES string of the molecule is CC(C)C(=O)O.CC(C)C(=O)O.CN1CCC2(CC1)CC(F)(F)CN2CC1CCC(n2ccc3c(N)ncnc32)O1. The number of rotatable bonds is 5. The zero-order chi connectivity index (χ0) is 30.5.